The first-order chi connectivity index (χ1) is 9.34. The molecule has 3 rings (SSSR count). The van der Waals surface area contributed by atoms with E-state index in [1.54, 1.807) is 22.9 Å². The summed E-state index contributed by atoms with van der Waals surface area (Å²) in [7, 11) is 0. The second-order valence-electron chi connectivity index (χ2n) is 4.81. The van der Waals surface area contributed by atoms with Crippen LogP contribution in [-0.4, -0.2) is 32.8 Å². The van der Waals surface area contributed by atoms with Crippen LogP contribution in [0.3, 0.4) is 0 Å². The van der Waals surface area contributed by atoms with Gasteiger partial charge in [-0.05, 0) is 41.9 Å². The second kappa shape index (κ2) is 5.44. The minimum Gasteiger partial charge on any atom is -0.312 e. The number of benzene rings is 1. The van der Waals surface area contributed by atoms with Crippen LogP contribution in [-0.2, 0) is 6.54 Å². The number of aromatic nitrogens is 4. The largest absolute Gasteiger partial charge is 0.312 e. The number of hydrogen-bond donors (Lipinski definition) is 1. The maximum atomic E-state index is 13.8. The van der Waals surface area contributed by atoms with Gasteiger partial charge in [0.05, 0.1) is 12.1 Å². The Balaban J connectivity index is 1.84. The predicted octanol–water partition coefficient (Wildman–Crippen LogP) is 1.62. The highest BCUT2D eigenvalue weighted by Crippen LogP contribution is 2.20. The topological polar surface area (TPSA) is 55.6 Å². The van der Waals surface area contributed by atoms with Crippen LogP contribution in [0.25, 0.3) is 11.4 Å². The number of nitrogens with one attached hydrogen (secondary N) is 1. The molecule has 19 heavy (non-hydrogen) atoms. The lowest BCUT2D eigenvalue weighted by Crippen LogP contribution is -2.37. The van der Waals surface area contributed by atoms with Crippen LogP contribution < -0.4 is 5.32 Å². The SMILES string of the molecule is Fc1ccccc1-c1nnnn1CC1CCCCN1. The minimum absolute atomic E-state index is 0.296. The van der Waals surface area contributed by atoms with Crippen molar-refractivity contribution in [3.63, 3.8) is 0 Å². The van der Waals surface area contributed by atoms with Crippen LogP contribution >= 0.6 is 0 Å². The molecule has 1 aromatic carbocycles. The molecule has 1 saturated heterocycles. The molecule has 0 bridgehead atoms. The molecule has 0 saturated carbocycles. The summed E-state index contributed by atoms with van der Waals surface area (Å²) in [6.07, 6.45) is 3.54. The Hall–Kier alpha value is -1.82. The lowest BCUT2D eigenvalue weighted by atomic mass is 10.1. The average molecular weight is 261 g/mol. The second-order valence-corrected chi connectivity index (χ2v) is 4.81. The van der Waals surface area contributed by atoms with E-state index >= 15 is 0 Å². The van der Waals surface area contributed by atoms with E-state index in [2.05, 4.69) is 20.8 Å². The number of halogens is 1. The van der Waals surface area contributed by atoms with Crippen LogP contribution in [0, 0.1) is 5.82 Å². The van der Waals surface area contributed by atoms with Crippen molar-refractivity contribution < 1.29 is 4.39 Å². The summed E-state index contributed by atoms with van der Waals surface area (Å²) in [5.41, 5.74) is 0.448. The zero-order chi connectivity index (χ0) is 13.1. The molecule has 100 valence electrons. The summed E-state index contributed by atoms with van der Waals surface area (Å²) in [5.74, 6) is 0.195. The normalized spacial score (nSPS) is 19.5. The molecule has 1 atom stereocenters. The molecule has 5 nitrogen and oxygen atoms in total. The summed E-state index contributed by atoms with van der Waals surface area (Å²) >= 11 is 0. The lowest BCUT2D eigenvalue weighted by Gasteiger charge is -2.23. The summed E-state index contributed by atoms with van der Waals surface area (Å²) in [5, 5.41) is 15.0. The Morgan fingerprint density at radius 1 is 1.32 bits per heavy atom. The van der Waals surface area contributed by atoms with Crippen molar-refractivity contribution in [2.24, 2.45) is 0 Å². The highest BCUT2D eigenvalue weighted by molar-refractivity contribution is 5.55. The molecule has 1 unspecified atom stereocenters. The van der Waals surface area contributed by atoms with Crippen molar-refractivity contribution in [2.45, 2.75) is 31.8 Å². The lowest BCUT2D eigenvalue weighted by molar-refractivity contribution is 0.349. The Bertz CT molecular complexity index is 547. The predicted molar refractivity (Wildman–Crippen MR) is 68.9 cm³/mol. The van der Waals surface area contributed by atoms with Gasteiger partial charge in [0.15, 0.2) is 5.82 Å². The number of piperidine rings is 1. The summed E-state index contributed by atoms with van der Waals surface area (Å²) in [6.45, 7) is 1.71. The van der Waals surface area contributed by atoms with Gasteiger partial charge in [-0.3, -0.25) is 0 Å². The number of nitrogens with zero attached hydrogens (tertiary/aromatic N) is 4. The van der Waals surface area contributed by atoms with Crippen LogP contribution in [0.2, 0.25) is 0 Å². The van der Waals surface area contributed by atoms with Gasteiger partial charge in [-0.2, -0.15) is 0 Å². The molecule has 1 fully saturated rings. The van der Waals surface area contributed by atoms with Gasteiger partial charge in [0, 0.05) is 6.04 Å². The highest BCUT2D eigenvalue weighted by atomic mass is 19.1. The molecule has 1 aliphatic rings. The third-order valence-corrected chi connectivity index (χ3v) is 3.45. The van der Waals surface area contributed by atoms with E-state index in [0.717, 1.165) is 13.0 Å². The zero-order valence-electron chi connectivity index (χ0n) is 10.6. The molecule has 1 aliphatic heterocycles. The van der Waals surface area contributed by atoms with Crippen LogP contribution in [0.4, 0.5) is 4.39 Å². The van der Waals surface area contributed by atoms with Crippen molar-refractivity contribution in [2.75, 3.05) is 6.54 Å². The van der Waals surface area contributed by atoms with Crippen molar-refractivity contribution in [1.82, 2.24) is 25.5 Å². The van der Waals surface area contributed by atoms with Gasteiger partial charge in [-0.15, -0.1) is 5.10 Å². The molecule has 2 heterocycles. The van der Waals surface area contributed by atoms with Crippen LogP contribution in [0.15, 0.2) is 24.3 Å². The Morgan fingerprint density at radius 3 is 3.00 bits per heavy atom. The van der Waals surface area contributed by atoms with E-state index in [0.29, 0.717) is 24.0 Å². The van der Waals surface area contributed by atoms with Crippen molar-refractivity contribution in [1.29, 1.82) is 0 Å². The fraction of sp³-hybridized carbons (Fsp3) is 0.462. The molecule has 1 N–H and O–H groups in total. The van der Waals surface area contributed by atoms with Gasteiger partial charge in [0.25, 0.3) is 0 Å². The van der Waals surface area contributed by atoms with E-state index in [1.807, 2.05) is 0 Å². The Kier molecular flexibility index (Phi) is 3.50. The first kappa shape index (κ1) is 12.2. The first-order valence-electron chi connectivity index (χ1n) is 6.59. The number of hydrogen-bond acceptors (Lipinski definition) is 4. The number of tetrazole rings is 1. The van der Waals surface area contributed by atoms with Crippen molar-refractivity contribution in [3.05, 3.63) is 30.1 Å². The van der Waals surface area contributed by atoms with Crippen LogP contribution in [0.5, 0.6) is 0 Å². The standard InChI is InChI=1S/C13H16FN5/c14-12-7-2-1-6-11(12)13-16-17-18-19(13)9-10-5-3-4-8-15-10/h1-2,6-7,10,15H,3-5,8-9H2. The van der Waals surface area contributed by atoms with E-state index < -0.39 is 0 Å². The average Bonchev–Trinajstić information content (AvgIpc) is 2.88. The maximum absolute atomic E-state index is 13.8. The Labute approximate surface area is 110 Å². The van der Waals surface area contributed by atoms with E-state index in [-0.39, 0.29) is 5.82 Å². The zero-order valence-corrected chi connectivity index (χ0v) is 10.6. The first-order valence-corrected chi connectivity index (χ1v) is 6.59. The molecule has 0 aliphatic carbocycles. The summed E-state index contributed by atoms with van der Waals surface area (Å²) in [4.78, 5) is 0. The maximum Gasteiger partial charge on any atom is 0.185 e. The molecule has 0 radical (unpaired) electrons. The fourth-order valence-corrected chi connectivity index (χ4v) is 2.45. The van der Waals surface area contributed by atoms with Crippen molar-refractivity contribution in [3.8, 4) is 11.4 Å². The van der Waals surface area contributed by atoms with Gasteiger partial charge in [0.1, 0.15) is 5.82 Å². The molecule has 0 amide bonds. The molecule has 0 spiro atoms. The molecule has 1 aromatic heterocycles. The fourth-order valence-electron chi connectivity index (χ4n) is 2.45. The van der Waals surface area contributed by atoms with Gasteiger partial charge in [0.2, 0.25) is 0 Å². The minimum atomic E-state index is -0.296. The van der Waals surface area contributed by atoms with E-state index in [1.165, 1.54) is 18.9 Å². The highest BCUT2D eigenvalue weighted by Gasteiger charge is 2.18. The van der Waals surface area contributed by atoms with Gasteiger partial charge >= 0.3 is 0 Å². The van der Waals surface area contributed by atoms with Crippen LogP contribution in [0.1, 0.15) is 19.3 Å². The van der Waals surface area contributed by atoms with Crippen molar-refractivity contribution >= 4 is 0 Å². The summed E-state index contributed by atoms with van der Waals surface area (Å²) in [6, 6.07) is 6.94. The molecular formula is C13H16FN5. The monoisotopic (exact) mass is 261 g/mol. The number of rotatable bonds is 3. The third-order valence-electron chi connectivity index (χ3n) is 3.45. The molecular weight excluding hydrogens is 245 g/mol. The Morgan fingerprint density at radius 2 is 2.21 bits per heavy atom. The van der Waals surface area contributed by atoms with Gasteiger partial charge in [-0.25, -0.2) is 9.07 Å². The third kappa shape index (κ3) is 2.63. The molecule has 6 heteroatoms. The molecule has 2 aromatic rings. The van der Waals surface area contributed by atoms with Gasteiger partial charge < -0.3 is 5.32 Å². The quantitative estimate of drug-likeness (QED) is 0.912. The van der Waals surface area contributed by atoms with E-state index in [4.69, 9.17) is 0 Å². The summed E-state index contributed by atoms with van der Waals surface area (Å²) < 4.78 is 15.5. The smallest absolute Gasteiger partial charge is 0.185 e. The van der Waals surface area contributed by atoms with E-state index in [9.17, 15) is 4.39 Å². The van der Waals surface area contributed by atoms with Gasteiger partial charge in [-0.1, -0.05) is 18.6 Å².